The molecule has 2 aromatic rings. The summed E-state index contributed by atoms with van der Waals surface area (Å²) >= 11 is 3.21. The van der Waals surface area contributed by atoms with Gasteiger partial charge in [0.1, 0.15) is 11.4 Å². The maximum atomic E-state index is 14.1. The van der Waals surface area contributed by atoms with Crippen LogP contribution in [0.25, 0.3) is 0 Å². The van der Waals surface area contributed by atoms with Gasteiger partial charge in [0.15, 0.2) is 0 Å². The second-order valence-electron chi connectivity index (χ2n) is 6.47. The molecular weight excluding hydrogens is 387 g/mol. The lowest BCUT2D eigenvalue weighted by Crippen LogP contribution is -2.46. The highest BCUT2D eigenvalue weighted by Gasteiger charge is 2.53. The molecule has 0 radical (unpaired) electrons. The SMILES string of the molecule is O=C1N[C@@]2(CCCc3ccccc32)C(=O)N1Cc1ccc(Br)cc1F. The molecule has 4 nitrogen and oxygen atoms in total. The molecular formula is C19H16BrFN2O2. The van der Waals surface area contributed by atoms with E-state index in [1.54, 1.807) is 12.1 Å². The predicted octanol–water partition coefficient (Wildman–Crippen LogP) is 3.87. The first-order valence-electron chi connectivity index (χ1n) is 8.18. The first-order chi connectivity index (χ1) is 12.0. The van der Waals surface area contributed by atoms with Crippen molar-refractivity contribution in [3.8, 4) is 0 Å². The van der Waals surface area contributed by atoms with Gasteiger partial charge in [-0.2, -0.15) is 0 Å². The normalized spacial score (nSPS) is 22.2. The Balaban J connectivity index is 1.70. The van der Waals surface area contributed by atoms with Crippen LogP contribution in [0, 0.1) is 5.82 Å². The number of carbonyl (C=O) groups is 2. The zero-order valence-electron chi connectivity index (χ0n) is 13.4. The molecule has 3 amide bonds. The lowest BCUT2D eigenvalue weighted by molar-refractivity contribution is -0.132. The van der Waals surface area contributed by atoms with Crippen molar-refractivity contribution in [3.05, 3.63) is 69.4 Å². The molecule has 2 aliphatic rings. The van der Waals surface area contributed by atoms with E-state index >= 15 is 0 Å². The lowest BCUT2D eigenvalue weighted by Gasteiger charge is -2.33. The predicted molar refractivity (Wildman–Crippen MR) is 94.2 cm³/mol. The van der Waals surface area contributed by atoms with Crippen LogP contribution in [0.5, 0.6) is 0 Å². The van der Waals surface area contributed by atoms with E-state index in [1.165, 1.54) is 6.07 Å². The standard InChI is InChI=1S/C19H16BrFN2O2/c20-14-8-7-13(16(21)10-14)11-23-17(24)19(22-18(23)25)9-3-5-12-4-1-2-6-15(12)19/h1-2,4,6-8,10H,3,5,9,11H2,(H,22,25)/t19-/m1/s1. The molecule has 0 bridgehead atoms. The third-order valence-electron chi connectivity index (χ3n) is 4.99. The van der Waals surface area contributed by atoms with Gasteiger partial charge < -0.3 is 5.32 Å². The molecule has 0 aromatic heterocycles. The quantitative estimate of drug-likeness (QED) is 0.775. The Hall–Kier alpha value is -2.21. The fourth-order valence-corrected chi connectivity index (χ4v) is 4.11. The number of halogens is 2. The number of fused-ring (bicyclic) bond motifs is 2. The summed E-state index contributed by atoms with van der Waals surface area (Å²) in [6, 6.07) is 11.9. The monoisotopic (exact) mass is 402 g/mol. The fraction of sp³-hybridized carbons (Fsp3) is 0.263. The van der Waals surface area contributed by atoms with Crippen molar-refractivity contribution < 1.29 is 14.0 Å². The molecule has 1 fully saturated rings. The summed E-state index contributed by atoms with van der Waals surface area (Å²) in [6.07, 6.45) is 2.28. The third-order valence-corrected chi connectivity index (χ3v) is 5.49. The average molecular weight is 403 g/mol. The van der Waals surface area contributed by atoms with E-state index in [0.29, 0.717) is 16.5 Å². The summed E-state index contributed by atoms with van der Waals surface area (Å²) in [7, 11) is 0. The van der Waals surface area contributed by atoms with Crippen molar-refractivity contribution >= 4 is 27.9 Å². The first-order valence-corrected chi connectivity index (χ1v) is 8.97. The average Bonchev–Trinajstić information content (AvgIpc) is 2.82. The van der Waals surface area contributed by atoms with E-state index in [4.69, 9.17) is 0 Å². The van der Waals surface area contributed by atoms with Crippen molar-refractivity contribution in [2.24, 2.45) is 0 Å². The van der Waals surface area contributed by atoms with Crippen LogP contribution < -0.4 is 5.32 Å². The molecule has 1 saturated heterocycles. The Morgan fingerprint density at radius 3 is 2.80 bits per heavy atom. The maximum absolute atomic E-state index is 14.1. The Bertz CT molecular complexity index is 885. The van der Waals surface area contributed by atoms with Gasteiger partial charge in [0.05, 0.1) is 6.54 Å². The number of benzene rings is 2. The van der Waals surface area contributed by atoms with E-state index < -0.39 is 17.4 Å². The highest BCUT2D eigenvalue weighted by atomic mass is 79.9. The summed E-state index contributed by atoms with van der Waals surface area (Å²) in [5.41, 5.74) is 1.24. The summed E-state index contributed by atoms with van der Waals surface area (Å²) in [5, 5.41) is 2.88. The number of nitrogens with zero attached hydrogens (tertiary/aromatic N) is 1. The van der Waals surface area contributed by atoms with Crippen molar-refractivity contribution in [1.29, 1.82) is 0 Å². The molecule has 128 valence electrons. The van der Waals surface area contributed by atoms with Crippen LogP contribution in [0.2, 0.25) is 0 Å². The van der Waals surface area contributed by atoms with Crippen LogP contribution in [0.15, 0.2) is 46.9 Å². The summed E-state index contributed by atoms with van der Waals surface area (Å²) in [6.45, 7) is -0.0757. The van der Waals surface area contributed by atoms with Crippen molar-refractivity contribution in [2.75, 3.05) is 0 Å². The first kappa shape index (κ1) is 16.3. The van der Waals surface area contributed by atoms with Gasteiger partial charge in [-0.3, -0.25) is 9.69 Å². The number of rotatable bonds is 2. The molecule has 1 heterocycles. The summed E-state index contributed by atoms with van der Waals surface area (Å²) < 4.78 is 14.7. The molecule has 6 heteroatoms. The van der Waals surface area contributed by atoms with Gasteiger partial charge >= 0.3 is 6.03 Å². The van der Waals surface area contributed by atoms with Crippen LogP contribution in [-0.4, -0.2) is 16.8 Å². The highest BCUT2D eigenvalue weighted by Crippen LogP contribution is 2.40. The molecule has 0 unspecified atom stereocenters. The minimum atomic E-state index is -1.02. The van der Waals surface area contributed by atoms with E-state index in [9.17, 15) is 14.0 Å². The maximum Gasteiger partial charge on any atom is 0.325 e. The van der Waals surface area contributed by atoms with E-state index in [-0.39, 0.29) is 12.5 Å². The van der Waals surface area contributed by atoms with Crippen LogP contribution in [0.4, 0.5) is 9.18 Å². The van der Waals surface area contributed by atoms with Gasteiger partial charge in [0, 0.05) is 10.0 Å². The second kappa shape index (κ2) is 5.95. The van der Waals surface area contributed by atoms with Gasteiger partial charge in [0.25, 0.3) is 5.91 Å². The van der Waals surface area contributed by atoms with Gasteiger partial charge in [-0.05, 0) is 42.5 Å². The number of nitrogens with one attached hydrogen (secondary N) is 1. The Morgan fingerprint density at radius 1 is 1.20 bits per heavy atom. The van der Waals surface area contributed by atoms with Crippen LogP contribution >= 0.6 is 15.9 Å². The number of aryl methyl sites for hydroxylation is 1. The molecule has 1 aliphatic heterocycles. The van der Waals surface area contributed by atoms with Gasteiger partial charge in [-0.25, -0.2) is 9.18 Å². The molecule has 2 aromatic carbocycles. The molecule has 1 aliphatic carbocycles. The molecule has 0 saturated carbocycles. The van der Waals surface area contributed by atoms with Crippen LogP contribution in [-0.2, 0) is 23.3 Å². The largest absolute Gasteiger partial charge is 0.325 e. The number of urea groups is 1. The van der Waals surface area contributed by atoms with Gasteiger partial charge in [0.2, 0.25) is 0 Å². The topological polar surface area (TPSA) is 49.4 Å². The van der Waals surface area contributed by atoms with E-state index in [1.807, 2.05) is 24.3 Å². The number of amides is 3. The number of carbonyl (C=O) groups excluding carboxylic acids is 2. The second-order valence-corrected chi connectivity index (χ2v) is 7.39. The van der Waals surface area contributed by atoms with E-state index in [2.05, 4.69) is 21.2 Å². The third kappa shape index (κ3) is 2.56. The Kier molecular flexibility index (Phi) is 3.87. The summed E-state index contributed by atoms with van der Waals surface area (Å²) in [4.78, 5) is 26.8. The van der Waals surface area contributed by atoms with Gasteiger partial charge in [-0.1, -0.05) is 46.3 Å². The minimum Gasteiger partial charge on any atom is -0.319 e. The van der Waals surface area contributed by atoms with Crippen molar-refractivity contribution in [1.82, 2.24) is 10.2 Å². The molecule has 1 atom stereocenters. The highest BCUT2D eigenvalue weighted by molar-refractivity contribution is 9.10. The number of hydrogen-bond donors (Lipinski definition) is 1. The Morgan fingerprint density at radius 2 is 2.00 bits per heavy atom. The zero-order chi connectivity index (χ0) is 17.6. The minimum absolute atomic E-state index is 0.0757. The van der Waals surface area contributed by atoms with Gasteiger partial charge in [-0.15, -0.1) is 0 Å². The molecule has 25 heavy (non-hydrogen) atoms. The van der Waals surface area contributed by atoms with Crippen LogP contribution in [0.1, 0.15) is 29.5 Å². The smallest absolute Gasteiger partial charge is 0.319 e. The van der Waals surface area contributed by atoms with Crippen molar-refractivity contribution in [3.63, 3.8) is 0 Å². The van der Waals surface area contributed by atoms with Crippen LogP contribution in [0.3, 0.4) is 0 Å². The molecule has 1 spiro atoms. The van der Waals surface area contributed by atoms with E-state index in [0.717, 1.165) is 28.9 Å². The zero-order valence-corrected chi connectivity index (χ0v) is 15.0. The molecule has 4 rings (SSSR count). The lowest BCUT2D eigenvalue weighted by atomic mass is 9.76. The van der Waals surface area contributed by atoms with Crippen molar-refractivity contribution in [2.45, 2.75) is 31.3 Å². The number of hydrogen-bond acceptors (Lipinski definition) is 2. The Labute approximate surface area is 153 Å². The summed E-state index contributed by atoms with van der Waals surface area (Å²) in [5.74, 6) is -0.744. The number of imide groups is 1. The fourth-order valence-electron chi connectivity index (χ4n) is 3.78. The molecule has 1 N–H and O–H groups in total.